The molecule has 0 bridgehead atoms. The van der Waals surface area contributed by atoms with Gasteiger partial charge in [-0.05, 0) is 85.1 Å². The van der Waals surface area contributed by atoms with Crippen molar-refractivity contribution in [3.8, 4) is 11.5 Å². The van der Waals surface area contributed by atoms with E-state index in [0.717, 1.165) is 20.8 Å². The Kier molecular flexibility index (Phi) is 9.52. The van der Waals surface area contributed by atoms with Gasteiger partial charge in [-0.3, -0.25) is 4.79 Å². The summed E-state index contributed by atoms with van der Waals surface area (Å²) in [6.07, 6.45) is 0.825. The molecule has 0 fully saturated rings. The highest BCUT2D eigenvalue weighted by Gasteiger charge is 2.16. The van der Waals surface area contributed by atoms with E-state index in [-0.39, 0.29) is 29.8 Å². The molecule has 1 amide bonds. The van der Waals surface area contributed by atoms with E-state index in [1.807, 2.05) is 30.3 Å². The number of benzene rings is 4. The lowest BCUT2D eigenvalue weighted by Gasteiger charge is -2.14. The van der Waals surface area contributed by atoms with E-state index in [0.29, 0.717) is 46.4 Å². The van der Waals surface area contributed by atoms with Crippen LogP contribution in [0.15, 0.2) is 95.9 Å². The van der Waals surface area contributed by atoms with E-state index in [2.05, 4.69) is 30.9 Å². The van der Waals surface area contributed by atoms with Gasteiger partial charge >= 0.3 is 0 Å². The van der Waals surface area contributed by atoms with Crippen LogP contribution in [0.4, 0.5) is 5.69 Å². The largest absolute Gasteiger partial charge is 0.486 e. The lowest BCUT2D eigenvalue weighted by atomic mass is 10.1. The molecule has 0 saturated heterocycles. The van der Waals surface area contributed by atoms with Crippen LogP contribution >= 0.6 is 22.9 Å². The van der Waals surface area contributed by atoms with Gasteiger partial charge in [-0.15, -0.1) is 21.5 Å². The Balaban J connectivity index is 1.14. The van der Waals surface area contributed by atoms with Gasteiger partial charge in [-0.1, -0.05) is 41.1 Å². The first-order valence-electron chi connectivity index (χ1n) is 14.2. The molecule has 2 N–H and O–H groups in total. The second-order valence-corrected chi connectivity index (χ2v) is 13.8. The summed E-state index contributed by atoms with van der Waals surface area (Å²) in [5, 5.41) is 17.9. The highest BCUT2D eigenvalue weighted by atomic mass is 35.5. The lowest BCUT2D eigenvalue weighted by Crippen LogP contribution is -2.14. The Hall–Kier alpha value is -4.85. The van der Waals surface area contributed by atoms with E-state index in [1.54, 1.807) is 59.9 Å². The summed E-state index contributed by atoms with van der Waals surface area (Å²) in [7, 11) is -3.48. The van der Waals surface area contributed by atoms with Crippen LogP contribution in [0, 0.1) is 0 Å². The Morgan fingerprint density at radius 2 is 1.78 bits per heavy atom. The zero-order chi connectivity index (χ0) is 31.9. The van der Waals surface area contributed by atoms with Crippen LogP contribution in [0.1, 0.15) is 33.2 Å². The van der Waals surface area contributed by atoms with Gasteiger partial charge in [-0.2, -0.15) is 5.21 Å². The highest BCUT2D eigenvalue weighted by molar-refractivity contribution is 7.91. The number of amides is 1. The number of aryl methyl sites for hydroxylation is 1. The van der Waals surface area contributed by atoms with E-state index in [1.165, 1.54) is 12.1 Å². The molecule has 2 heterocycles. The van der Waals surface area contributed by atoms with Gasteiger partial charge in [0, 0.05) is 10.6 Å². The fourth-order valence-corrected chi connectivity index (χ4v) is 6.93. The minimum Gasteiger partial charge on any atom is -0.486 e. The van der Waals surface area contributed by atoms with Crippen molar-refractivity contribution >= 4 is 54.6 Å². The molecule has 2 aromatic heterocycles. The number of nitrogens with one attached hydrogen (secondary N) is 2. The molecular weight excluding hydrogens is 648 g/mol. The summed E-state index contributed by atoms with van der Waals surface area (Å²) in [5.74, 6) is 0.829. The molecule has 6 rings (SSSR count). The summed E-state index contributed by atoms with van der Waals surface area (Å²) in [6.45, 7) is 0.293. The molecule has 11 nitrogen and oxygen atoms in total. The van der Waals surface area contributed by atoms with Gasteiger partial charge in [0.25, 0.3) is 5.91 Å². The molecule has 0 atom stereocenters. The number of rotatable bonds is 13. The number of halogens is 1. The predicted octanol–water partition coefficient (Wildman–Crippen LogP) is 6.28. The number of anilines is 1. The maximum absolute atomic E-state index is 13.4. The number of sulfone groups is 1. The van der Waals surface area contributed by atoms with Crippen LogP contribution in [0.25, 0.3) is 10.2 Å². The zero-order valence-corrected chi connectivity index (χ0v) is 26.6. The third-order valence-corrected chi connectivity index (χ3v) is 9.96. The monoisotopic (exact) mass is 674 g/mol. The molecule has 0 aliphatic rings. The number of hydrogen-bond acceptors (Lipinski definition) is 10. The van der Waals surface area contributed by atoms with E-state index >= 15 is 0 Å². The van der Waals surface area contributed by atoms with Crippen molar-refractivity contribution in [1.29, 1.82) is 0 Å². The number of nitrogens with zero attached hydrogens (tertiary/aromatic N) is 4. The minimum atomic E-state index is -3.48. The summed E-state index contributed by atoms with van der Waals surface area (Å²) >= 11 is 7.46. The van der Waals surface area contributed by atoms with E-state index < -0.39 is 9.84 Å². The zero-order valence-electron chi connectivity index (χ0n) is 24.2. The normalized spacial score (nSPS) is 11.4. The second-order valence-electron chi connectivity index (χ2n) is 10.2. The number of carbonyl (C=O) groups excluding carboxylic acids is 1. The molecule has 6 aromatic rings. The number of thiazole rings is 1. The number of aromatic nitrogens is 5. The first kappa shape index (κ1) is 31.1. The predicted molar refractivity (Wildman–Crippen MR) is 175 cm³/mol. The van der Waals surface area contributed by atoms with E-state index in [4.69, 9.17) is 21.1 Å². The number of H-pyrrole nitrogens is 1. The molecular formula is C32H27ClN6O5S2. The Labute approximate surface area is 273 Å². The molecule has 0 saturated carbocycles. The average molecular weight is 675 g/mol. The SMILES string of the molecule is O=C(Nc1cc(CCCS(=O)(=O)c2ccc(Cl)cc2)ccc1OCc1nn[nH]n1)c1cccc(OCc2nc3ccccc3s2)c1. The van der Waals surface area contributed by atoms with Crippen molar-refractivity contribution in [3.63, 3.8) is 0 Å². The molecule has 14 heteroatoms. The lowest BCUT2D eigenvalue weighted by molar-refractivity contribution is 0.102. The molecule has 0 radical (unpaired) electrons. The van der Waals surface area contributed by atoms with Gasteiger partial charge in [0.1, 0.15) is 23.1 Å². The van der Waals surface area contributed by atoms with Crippen LogP contribution in [0.5, 0.6) is 11.5 Å². The smallest absolute Gasteiger partial charge is 0.255 e. The number of tetrazole rings is 1. The van der Waals surface area contributed by atoms with Crippen molar-refractivity contribution in [2.75, 3.05) is 11.1 Å². The number of ether oxygens (including phenoxy) is 2. The van der Waals surface area contributed by atoms with Gasteiger partial charge in [0.2, 0.25) is 5.82 Å². The fraction of sp³-hybridized carbons (Fsp3) is 0.156. The number of fused-ring (bicyclic) bond motifs is 1. The van der Waals surface area contributed by atoms with Crippen LogP contribution in [0.3, 0.4) is 0 Å². The Morgan fingerprint density at radius 1 is 0.935 bits per heavy atom. The first-order chi connectivity index (χ1) is 22.3. The van der Waals surface area contributed by atoms with Crippen molar-refractivity contribution in [3.05, 3.63) is 118 Å². The quantitative estimate of drug-likeness (QED) is 0.144. The summed E-state index contributed by atoms with van der Waals surface area (Å²) in [4.78, 5) is 18.2. The van der Waals surface area contributed by atoms with Crippen LogP contribution < -0.4 is 14.8 Å². The standard InChI is InChI=1S/C32H27ClN6O5S2/c33-23-11-13-25(14-12-23)46(41,42)16-4-5-21-10-15-28(44-19-30-36-38-39-37-30)27(17-21)35-32(40)22-6-3-7-24(18-22)43-20-31-34-26-8-1-2-9-29(26)45-31/h1-3,6-15,17-18H,4-5,16,19-20H2,(H,35,40)(H,36,37,38,39). The molecule has 0 aliphatic carbocycles. The number of aromatic amines is 1. The second kappa shape index (κ2) is 14.1. The minimum absolute atomic E-state index is 0.0210. The van der Waals surface area contributed by atoms with Gasteiger partial charge in [-0.25, -0.2) is 13.4 Å². The van der Waals surface area contributed by atoms with Crippen molar-refractivity contribution in [1.82, 2.24) is 25.6 Å². The molecule has 0 spiro atoms. The Bertz CT molecular complexity index is 2040. The number of para-hydroxylation sites is 1. The van der Waals surface area contributed by atoms with Gasteiger partial charge < -0.3 is 14.8 Å². The van der Waals surface area contributed by atoms with Crippen LogP contribution in [0.2, 0.25) is 5.02 Å². The first-order valence-corrected chi connectivity index (χ1v) is 17.0. The highest BCUT2D eigenvalue weighted by Crippen LogP contribution is 2.29. The summed E-state index contributed by atoms with van der Waals surface area (Å²) < 4.78 is 38.5. The molecule has 46 heavy (non-hydrogen) atoms. The number of hydrogen-bond donors (Lipinski definition) is 2. The molecule has 0 unspecified atom stereocenters. The Morgan fingerprint density at radius 3 is 2.59 bits per heavy atom. The topological polar surface area (TPSA) is 149 Å². The molecule has 234 valence electrons. The van der Waals surface area contributed by atoms with Crippen LogP contribution in [-0.2, 0) is 29.5 Å². The third kappa shape index (κ3) is 7.86. The number of carbonyl (C=O) groups is 1. The van der Waals surface area contributed by atoms with Gasteiger partial charge in [0.15, 0.2) is 16.4 Å². The van der Waals surface area contributed by atoms with Gasteiger partial charge in [0.05, 0.1) is 26.6 Å². The van der Waals surface area contributed by atoms with Crippen molar-refractivity contribution < 1.29 is 22.7 Å². The fourth-order valence-electron chi connectivity index (χ4n) is 4.62. The summed E-state index contributed by atoms with van der Waals surface area (Å²) in [5.41, 5.74) is 2.53. The van der Waals surface area contributed by atoms with Crippen LogP contribution in [-0.4, -0.2) is 45.7 Å². The maximum Gasteiger partial charge on any atom is 0.255 e. The summed E-state index contributed by atoms with van der Waals surface area (Å²) in [6, 6.07) is 26.2. The molecule has 4 aromatic carbocycles. The molecule has 0 aliphatic heterocycles. The van der Waals surface area contributed by atoms with Crippen molar-refractivity contribution in [2.24, 2.45) is 0 Å². The maximum atomic E-state index is 13.4. The average Bonchev–Trinajstić information content (AvgIpc) is 3.74. The van der Waals surface area contributed by atoms with Crippen molar-refractivity contribution in [2.45, 2.75) is 31.0 Å². The third-order valence-electron chi connectivity index (χ3n) is 6.89. The van der Waals surface area contributed by atoms with E-state index in [9.17, 15) is 13.2 Å².